The fourth-order valence-corrected chi connectivity index (χ4v) is 3.74. The van der Waals surface area contributed by atoms with Gasteiger partial charge in [-0.05, 0) is 18.6 Å². The average Bonchev–Trinajstić information content (AvgIpc) is 2.88. The minimum absolute atomic E-state index is 0.0773. The molecule has 1 unspecified atom stereocenters. The summed E-state index contributed by atoms with van der Waals surface area (Å²) in [6.07, 6.45) is 2.55. The molecule has 0 aromatic heterocycles. The molecule has 9 heteroatoms. The third kappa shape index (κ3) is 5.18. The standard InChI is InChI=1S/C18H17NO6S2/c1-2-9-25-13-6-4-3-5-11(13)10-14-16(22)19(18(26)27-14)12(17(23)24)7-8-15(20)21/h2-6,10,12H,1,7-9H2,(H,20,21)(H,23,24)/b14-10-. The van der Waals surface area contributed by atoms with Crippen LogP contribution in [-0.2, 0) is 14.4 Å². The van der Waals surface area contributed by atoms with E-state index in [1.54, 1.807) is 36.4 Å². The molecule has 7 nitrogen and oxygen atoms in total. The number of amides is 1. The molecule has 0 radical (unpaired) electrons. The van der Waals surface area contributed by atoms with Crippen LogP contribution in [0.25, 0.3) is 6.08 Å². The van der Waals surface area contributed by atoms with Gasteiger partial charge in [0.25, 0.3) is 5.91 Å². The highest BCUT2D eigenvalue weighted by atomic mass is 32.2. The van der Waals surface area contributed by atoms with Crippen molar-refractivity contribution in [3.8, 4) is 5.75 Å². The second-order valence-electron chi connectivity index (χ2n) is 5.48. The molecule has 0 aliphatic carbocycles. The molecule has 1 fully saturated rings. The molecule has 142 valence electrons. The summed E-state index contributed by atoms with van der Waals surface area (Å²) < 4.78 is 5.62. The predicted octanol–water partition coefficient (Wildman–Crippen LogP) is 2.77. The molecule has 0 bridgehead atoms. The minimum atomic E-state index is -1.33. The SMILES string of the molecule is C=CCOc1ccccc1/C=C1\SC(=S)N(C(CCC(=O)O)C(=O)O)C1=O. The summed E-state index contributed by atoms with van der Waals surface area (Å²) in [6, 6.07) is 5.73. The van der Waals surface area contributed by atoms with Gasteiger partial charge in [0.1, 0.15) is 22.7 Å². The van der Waals surface area contributed by atoms with E-state index in [-0.39, 0.29) is 22.1 Å². The summed E-state index contributed by atoms with van der Waals surface area (Å²) in [4.78, 5) is 36.2. The van der Waals surface area contributed by atoms with Crippen LogP contribution in [0.3, 0.4) is 0 Å². The number of ether oxygens (including phenoxy) is 1. The number of rotatable bonds is 9. The Morgan fingerprint density at radius 1 is 1.33 bits per heavy atom. The molecule has 0 saturated carbocycles. The molecule has 1 saturated heterocycles. The lowest BCUT2D eigenvalue weighted by molar-refractivity contribution is -0.146. The van der Waals surface area contributed by atoms with Crippen molar-refractivity contribution in [3.05, 3.63) is 47.4 Å². The van der Waals surface area contributed by atoms with Crippen LogP contribution in [0.4, 0.5) is 0 Å². The number of para-hydroxylation sites is 1. The molecule has 1 aliphatic heterocycles. The topological polar surface area (TPSA) is 104 Å². The van der Waals surface area contributed by atoms with Gasteiger partial charge in [-0.1, -0.05) is 54.8 Å². The number of benzene rings is 1. The second-order valence-corrected chi connectivity index (χ2v) is 7.15. The maximum Gasteiger partial charge on any atom is 0.326 e. The molecule has 1 atom stereocenters. The fraction of sp³-hybridized carbons (Fsp3) is 0.222. The quantitative estimate of drug-likeness (QED) is 0.366. The number of nitrogens with zero attached hydrogens (tertiary/aromatic N) is 1. The van der Waals surface area contributed by atoms with Crippen LogP contribution >= 0.6 is 24.0 Å². The average molecular weight is 407 g/mol. The predicted molar refractivity (Wildman–Crippen MR) is 105 cm³/mol. The normalized spacial score (nSPS) is 16.4. The zero-order valence-electron chi connectivity index (χ0n) is 14.2. The molecule has 1 amide bonds. The van der Waals surface area contributed by atoms with Gasteiger partial charge in [-0.3, -0.25) is 14.5 Å². The maximum absolute atomic E-state index is 12.7. The number of carbonyl (C=O) groups is 3. The summed E-state index contributed by atoms with van der Waals surface area (Å²) in [5.41, 5.74) is 0.636. The van der Waals surface area contributed by atoms with E-state index in [4.69, 9.17) is 22.1 Å². The number of thiocarbonyl (C=S) groups is 1. The summed E-state index contributed by atoms with van der Waals surface area (Å²) in [6.45, 7) is 3.88. The highest BCUT2D eigenvalue weighted by molar-refractivity contribution is 8.26. The van der Waals surface area contributed by atoms with Crippen molar-refractivity contribution in [1.82, 2.24) is 4.90 Å². The summed E-state index contributed by atoms with van der Waals surface area (Å²) in [5.74, 6) is -2.47. The van der Waals surface area contributed by atoms with Crippen LogP contribution in [0.15, 0.2) is 41.8 Å². The Bertz CT molecular complexity index is 820. The highest BCUT2D eigenvalue weighted by Crippen LogP contribution is 2.36. The first kappa shape index (κ1) is 20.7. The van der Waals surface area contributed by atoms with E-state index >= 15 is 0 Å². The molecule has 1 aromatic rings. The Hall–Kier alpha value is -2.65. The first-order chi connectivity index (χ1) is 12.8. The smallest absolute Gasteiger partial charge is 0.326 e. The first-order valence-electron chi connectivity index (χ1n) is 7.89. The van der Waals surface area contributed by atoms with Crippen LogP contribution in [0.1, 0.15) is 18.4 Å². The van der Waals surface area contributed by atoms with Crippen molar-refractivity contribution < 1.29 is 29.3 Å². The summed E-state index contributed by atoms with van der Waals surface area (Å²) in [7, 11) is 0. The van der Waals surface area contributed by atoms with E-state index in [9.17, 15) is 19.5 Å². The Kier molecular flexibility index (Phi) is 7.14. The summed E-state index contributed by atoms with van der Waals surface area (Å²) in [5, 5.41) is 18.2. The molecule has 27 heavy (non-hydrogen) atoms. The molecule has 1 aliphatic rings. The maximum atomic E-state index is 12.7. The lowest BCUT2D eigenvalue weighted by atomic mass is 10.1. The van der Waals surface area contributed by atoms with E-state index in [0.717, 1.165) is 16.7 Å². The zero-order chi connectivity index (χ0) is 20.0. The molecular weight excluding hydrogens is 390 g/mol. The molecule has 0 spiro atoms. The number of hydrogen-bond donors (Lipinski definition) is 2. The van der Waals surface area contributed by atoms with Gasteiger partial charge in [0.15, 0.2) is 0 Å². The van der Waals surface area contributed by atoms with Gasteiger partial charge in [0.05, 0.1) is 4.91 Å². The van der Waals surface area contributed by atoms with Crippen molar-refractivity contribution in [2.75, 3.05) is 6.61 Å². The molecular formula is C18H17NO6S2. The van der Waals surface area contributed by atoms with Crippen LogP contribution in [0.2, 0.25) is 0 Å². The number of aliphatic carboxylic acids is 2. The first-order valence-corrected chi connectivity index (χ1v) is 9.12. The van der Waals surface area contributed by atoms with E-state index in [2.05, 4.69) is 6.58 Å². The molecule has 2 N–H and O–H groups in total. The van der Waals surface area contributed by atoms with Crippen LogP contribution in [0, 0.1) is 0 Å². The van der Waals surface area contributed by atoms with Crippen molar-refractivity contribution in [3.63, 3.8) is 0 Å². The Morgan fingerprint density at radius 3 is 2.67 bits per heavy atom. The van der Waals surface area contributed by atoms with Crippen molar-refractivity contribution in [1.29, 1.82) is 0 Å². The number of carboxylic acid groups (broad SMARTS) is 2. The van der Waals surface area contributed by atoms with E-state index in [0.29, 0.717) is 17.9 Å². The Balaban J connectivity index is 2.29. The second kappa shape index (κ2) is 9.33. The van der Waals surface area contributed by atoms with E-state index in [1.807, 2.05) is 0 Å². The molecule has 1 aromatic carbocycles. The Labute approximate surface area is 165 Å². The fourth-order valence-electron chi connectivity index (χ4n) is 2.39. The zero-order valence-corrected chi connectivity index (χ0v) is 15.8. The lowest BCUT2D eigenvalue weighted by Gasteiger charge is -2.22. The van der Waals surface area contributed by atoms with Gasteiger partial charge in [-0.25, -0.2) is 4.79 Å². The van der Waals surface area contributed by atoms with Crippen molar-refractivity contribution in [2.45, 2.75) is 18.9 Å². The van der Waals surface area contributed by atoms with Gasteiger partial charge in [-0.15, -0.1) is 0 Å². The molecule has 1 heterocycles. The van der Waals surface area contributed by atoms with E-state index in [1.165, 1.54) is 0 Å². The number of thioether (sulfide) groups is 1. The number of hydrogen-bond acceptors (Lipinski definition) is 6. The van der Waals surface area contributed by atoms with Gasteiger partial charge in [0, 0.05) is 12.0 Å². The van der Waals surface area contributed by atoms with Gasteiger partial charge < -0.3 is 14.9 Å². The van der Waals surface area contributed by atoms with Gasteiger partial charge in [-0.2, -0.15) is 0 Å². The highest BCUT2D eigenvalue weighted by Gasteiger charge is 2.40. The van der Waals surface area contributed by atoms with Gasteiger partial charge >= 0.3 is 11.9 Å². The monoisotopic (exact) mass is 407 g/mol. The van der Waals surface area contributed by atoms with Gasteiger partial charge in [0.2, 0.25) is 0 Å². The van der Waals surface area contributed by atoms with Crippen molar-refractivity contribution >= 4 is 52.2 Å². The Morgan fingerprint density at radius 2 is 2.04 bits per heavy atom. The van der Waals surface area contributed by atoms with Crippen molar-refractivity contribution in [2.24, 2.45) is 0 Å². The van der Waals surface area contributed by atoms with Crippen LogP contribution in [0.5, 0.6) is 5.75 Å². The van der Waals surface area contributed by atoms with E-state index < -0.39 is 23.9 Å². The third-order valence-corrected chi connectivity index (χ3v) is 4.94. The largest absolute Gasteiger partial charge is 0.489 e. The van der Waals surface area contributed by atoms with Crippen LogP contribution < -0.4 is 4.74 Å². The van der Waals surface area contributed by atoms with Crippen LogP contribution in [-0.4, -0.2) is 49.9 Å². The summed E-state index contributed by atoms with van der Waals surface area (Å²) >= 11 is 6.13. The third-order valence-electron chi connectivity index (χ3n) is 3.61. The lowest BCUT2D eigenvalue weighted by Crippen LogP contribution is -2.44. The number of carboxylic acids is 2. The minimum Gasteiger partial charge on any atom is -0.489 e. The molecule has 2 rings (SSSR count). The number of carbonyl (C=O) groups excluding carboxylic acids is 1.